The number of Topliss-reactive ketones (excluding diaryl/α,β-unsaturated/α-hetero) is 1. The summed E-state index contributed by atoms with van der Waals surface area (Å²) in [5.41, 5.74) is 3.04. The van der Waals surface area contributed by atoms with Crippen molar-refractivity contribution in [1.29, 1.82) is 0 Å². The Morgan fingerprint density at radius 1 is 1.32 bits per heavy atom. The second kappa shape index (κ2) is 5.83. The molecule has 0 unspecified atom stereocenters. The molecule has 2 aromatic rings. The summed E-state index contributed by atoms with van der Waals surface area (Å²) >= 11 is 0. The average Bonchev–Trinajstić information content (AvgIpc) is 2.80. The van der Waals surface area contributed by atoms with E-state index in [1.165, 1.54) is 0 Å². The number of aromatic nitrogens is 2. The summed E-state index contributed by atoms with van der Waals surface area (Å²) in [6.45, 7) is 7.07. The van der Waals surface area contributed by atoms with Crippen LogP contribution < -0.4 is 0 Å². The second-order valence-corrected chi connectivity index (χ2v) is 4.88. The van der Waals surface area contributed by atoms with Crippen molar-refractivity contribution < 1.29 is 4.79 Å². The van der Waals surface area contributed by atoms with Gasteiger partial charge in [-0.25, -0.2) is 4.98 Å². The van der Waals surface area contributed by atoms with Crippen molar-refractivity contribution in [2.45, 2.75) is 40.2 Å². The molecule has 0 atom stereocenters. The topological polar surface area (TPSA) is 34.9 Å². The highest BCUT2D eigenvalue weighted by atomic mass is 16.1. The molecule has 0 aliphatic heterocycles. The molecule has 0 spiro atoms. The summed E-state index contributed by atoms with van der Waals surface area (Å²) in [5, 5.41) is 0. The fourth-order valence-electron chi connectivity index (χ4n) is 2.24. The zero-order chi connectivity index (χ0) is 13.8. The molecule has 1 aromatic heterocycles. The molecule has 19 heavy (non-hydrogen) atoms. The highest BCUT2D eigenvalue weighted by Crippen LogP contribution is 2.15. The maximum absolute atomic E-state index is 12.4. The van der Waals surface area contributed by atoms with E-state index in [-0.39, 0.29) is 5.78 Å². The van der Waals surface area contributed by atoms with Crippen molar-refractivity contribution in [2.75, 3.05) is 0 Å². The lowest BCUT2D eigenvalue weighted by Gasteiger charge is -2.09. The molecule has 3 nitrogen and oxygen atoms in total. The third-order valence-corrected chi connectivity index (χ3v) is 3.49. The average molecular weight is 256 g/mol. The Morgan fingerprint density at radius 2 is 2.11 bits per heavy atom. The molecule has 0 amide bonds. The first-order chi connectivity index (χ1) is 9.13. The Bertz CT molecular complexity index is 584. The number of ketones is 1. The summed E-state index contributed by atoms with van der Waals surface area (Å²) < 4.78 is 2.06. The number of rotatable bonds is 5. The lowest BCUT2D eigenvalue weighted by molar-refractivity contribution is 0.0989. The quantitative estimate of drug-likeness (QED) is 0.769. The number of carbonyl (C=O) groups is 1. The smallest absolute Gasteiger partial charge is 0.170 e. The fraction of sp³-hybridized carbons (Fsp3) is 0.375. The summed E-state index contributed by atoms with van der Waals surface area (Å²) in [4.78, 5) is 16.7. The van der Waals surface area contributed by atoms with Crippen molar-refractivity contribution in [1.82, 2.24) is 9.55 Å². The molecule has 1 heterocycles. The van der Waals surface area contributed by atoms with Crippen LogP contribution in [0.4, 0.5) is 0 Å². The molecule has 0 saturated carbocycles. The number of nitrogens with zero attached hydrogens (tertiary/aromatic N) is 2. The lowest BCUT2D eigenvalue weighted by atomic mass is 9.98. The normalized spacial score (nSPS) is 10.7. The first-order valence-corrected chi connectivity index (χ1v) is 6.73. The zero-order valence-corrected chi connectivity index (χ0v) is 11.8. The summed E-state index contributed by atoms with van der Waals surface area (Å²) in [5.74, 6) is 0.998. The number of hydrogen-bond donors (Lipinski definition) is 0. The van der Waals surface area contributed by atoms with Gasteiger partial charge in [-0.2, -0.15) is 0 Å². The van der Waals surface area contributed by atoms with Crippen molar-refractivity contribution in [3.05, 3.63) is 53.1 Å². The third-order valence-electron chi connectivity index (χ3n) is 3.49. The number of carbonyl (C=O) groups excluding carboxylic acids is 1. The van der Waals surface area contributed by atoms with Crippen LogP contribution in [0.3, 0.4) is 0 Å². The highest BCUT2D eigenvalue weighted by molar-refractivity contribution is 5.98. The Hall–Kier alpha value is -1.90. The zero-order valence-electron chi connectivity index (χ0n) is 11.8. The van der Waals surface area contributed by atoms with Crippen LogP contribution >= 0.6 is 0 Å². The third kappa shape index (κ3) is 2.92. The van der Waals surface area contributed by atoms with E-state index in [2.05, 4.69) is 16.5 Å². The van der Waals surface area contributed by atoms with Gasteiger partial charge < -0.3 is 4.57 Å². The van der Waals surface area contributed by atoms with E-state index in [1.54, 1.807) is 6.20 Å². The Morgan fingerprint density at radius 3 is 2.84 bits per heavy atom. The molecule has 0 saturated heterocycles. The molecule has 3 heteroatoms. The minimum atomic E-state index is 0.143. The number of aryl methyl sites for hydroxylation is 2. The number of benzene rings is 1. The molecule has 0 N–H and O–H groups in total. The van der Waals surface area contributed by atoms with Crippen molar-refractivity contribution in [3.8, 4) is 0 Å². The van der Waals surface area contributed by atoms with Crippen LogP contribution in [0.1, 0.15) is 40.7 Å². The Balaban J connectivity index is 2.21. The van der Waals surface area contributed by atoms with Crippen LogP contribution in [0.15, 0.2) is 30.6 Å². The van der Waals surface area contributed by atoms with E-state index in [0.717, 1.165) is 35.5 Å². The van der Waals surface area contributed by atoms with Gasteiger partial charge in [-0.05, 0) is 31.4 Å². The van der Waals surface area contributed by atoms with Gasteiger partial charge in [-0.1, -0.05) is 25.1 Å². The molecule has 0 bridgehead atoms. The predicted molar refractivity (Wildman–Crippen MR) is 76.5 cm³/mol. The second-order valence-electron chi connectivity index (χ2n) is 4.88. The molecule has 0 aliphatic carbocycles. The van der Waals surface area contributed by atoms with E-state index in [1.807, 2.05) is 38.2 Å². The first kappa shape index (κ1) is 13.5. The minimum absolute atomic E-state index is 0.143. The largest absolute Gasteiger partial charge is 0.335 e. The van der Waals surface area contributed by atoms with Gasteiger partial charge >= 0.3 is 0 Å². The summed E-state index contributed by atoms with van der Waals surface area (Å²) in [6, 6.07) is 5.87. The molecule has 100 valence electrons. The minimum Gasteiger partial charge on any atom is -0.335 e. The van der Waals surface area contributed by atoms with E-state index >= 15 is 0 Å². The predicted octanol–water partition coefficient (Wildman–Crippen LogP) is 3.34. The van der Waals surface area contributed by atoms with Crippen LogP contribution in [0.25, 0.3) is 0 Å². The van der Waals surface area contributed by atoms with Gasteiger partial charge in [0.05, 0.1) is 6.42 Å². The van der Waals surface area contributed by atoms with Gasteiger partial charge in [-0.3, -0.25) is 4.79 Å². The van der Waals surface area contributed by atoms with Gasteiger partial charge in [0.1, 0.15) is 5.82 Å². The number of imidazole rings is 1. The molecular formula is C16H20N2O. The summed E-state index contributed by atoms with van der Waals surface area (Å²) in [6.07, 6.45) is 5.12. The fourth-order valence-corrected chi connectivity index (χ4v) is 2.24. The van der Waals surface area contributed by atoms with Crippen LogP contribution in [-0.4, -0.2) is 15.3 Å². The Labute approximate surface area is 114 Å². The standard InChI is InChI=1S/C16H20N2O/c1-4-9-18-10-8-17-16(18)11-15(19)14-7-5-6-12(2)13(14)3/h5-8,10H,4,9,11H2,1-3H3. The molecule has 1 aromatic carbocycles. The Kier molecular flexibility index (Phi) is 4.15. The van der Waals surface area contributed by atoms with Crippen LogP contribution in [0, 0.1) is 13.8 Å². The maximum atomic E-state index is 12.4. The van der Waals surface area contributed by atoms with Crippen molar-refractivity contribution >= 4 is 5.78 Å². The van der Waals surface area contributed by atoms with Crippen LogP contribution in [0.5, 0.6) is 0 Å². The maximum Gasteiger partial charge on any atom is 0.170 e. The van der Waals surface area contributed by atoms with Crippen molar-refractivity contribution in [2.24, 2.45) is 0 Å². The number of hydrogen-bond acceptors (Lipinski definition) is 2. The van der Waals surface area contributed by atoms with Gasteiger partial charge in [-0.15, -0.1) is 0 Å². The molecule has 0 fully saturated rings. The highest BCUT2D eigenvalue weighted by Gasteiger charge is 2.13. The van der Waals surface area contributed by atoms with E-state index in [0.29, 0.717) is 6.42 Å². The van der Waals surface area contributed by atoms with Gasteiger partial charge in [0.25, 0.3) is 0 Å². The van der Waals surface area contributed by atoms with E-state index in [4.69, 9.17) is 0 Å². The lowest BCUT2D eigenvalue weighted by Crippen LogP contribution is -2.11. The van der Waals surface area contributed by atoms with Gasteiger partial charge in [0.2, 0.25) is 0 Å². The molecule has 0 radical (unpaired) electrons. The van der Waals surface area contributed by atoms with Crippen LogP contribution in [0.2, 0.25) is 0 Å². The first-order valence-electron chi connectivity index (χ1n) is 6.73. The molecule has 2 rings (SSSR count). The van der Waals surface area contributed by atoms with Gasteiger partial charge in [0.15, 0.2) is 5.78 Å². The monoisotopic (exact) mass is 256 g/mol. The van der Waals surface area contributed by atoms with E-state index in [9.17, 15) is 4.79 Å². The van der Waals surface area contributed by atoms with E-state index < -0.39 is 0 Å². The van der Waals surface area contributed by atoms with Crippen LogP contribution in [-0.2, 0) is 13.0 Å². The summed E-state index contributed by atoms with van der Waals surface area (Å²) in [7, 11) is 0. The molecule has 0 aliphatic rings. The molecular weight excluding hydrogens is 236 g/mol. The van der Waals surface area contributed by atoms with Gasteiger partial charge in [0, 0.05) is 24.5 Å². The SMILES string of the molecule is CCCn1ccnc1CC(=O)c1cccc(C)c1C. The van der Waals surface area contributed by atoms with Crippen molar-refractivity contribution in [3.63, 3.8) is 0 Å².